The van der Waals surface area contributed by atoms with Crippen LogP contribution in [0.3, 0.4) is 0 Å². The van der Waals surface area contributed by atoms with Gasteiger partial charge in [0.25, 0.3) is 5.56 Å². The number of nitrogens with zero attached hydrogens (tertiary/aromatic N) is 1. The maximum atomic E-state index is 12.3. The molecule has 8 nitrogen and oxygen atoms in total. The molecule has 1 amide bonds. The van der Waals surface area contributed by atoms with Crippen LogP contribution in [-0.2, 0) is 22.4 Å². The van der Waals surface area contributed by atoms with E-state index in [-0.39, 0.29) is 16.8 Å². The molecule has 2 heterocycles. The Labute approximate surface area is 163 Å². The minimum Gasteiger partial charge on any atom is -0.493 e. The molecule has 3 N–H and O–H groups in total. The lowest BCUT2D eigenvalue weighted by Gasteiger charge is -2.07. The number of aromatic hydroxyl groups is 1. The van der Waals surface area contributed by atoms with Crippen molar-refractivity contribution in [2.45, 2.75) is 37.3 Å². The normalized spacial score (nSPS) is 13.5. The number of hydrogen-bond acceptors (Lipinski definition) is 8. The molecule has 0 saturated carbocycles. The average molecular weight is 409 g/mol. The maximum absolute atomic E-state index is 12.3. The number of carbonyl (C=O) groups excluding carboxylic acids is 2. The van der Waals surface area contributed by atoms with Gasteiger partial charge in [0.1, 0.15) is 5.00 Å². The second-order valence-corrected chi connectivity index (χ2v) is 8.07. The largest absolute Gasteiger partial charge is 0.493 e. The van der Waals surface area contributed by atoms with Crippen molar-refractivity contribution >= 4 is 40.0 Å². The van der Waals surface area contributed by atoms with E-state index >= 15 is 0 Å². The number of methoxy groups -OCH3 is 1. The number of thioether (sulfide) groups is 1. The number of fused-ring (bicyclic) bond motifs is 1. The molecule has 1 aliphatic carbocycles. The third kappa shape index (κ3) is 4.69. The van der Waals surface area contributed by atoms with Crippen molar-refractivity contribution in [2.24, 2.45) is 0 Å². The summed E-state index contributed by atoms with van der Waals surface area (Å²) in [5, 5.41) is 12.8. The summed E-state index contributed by atoms with van der Waals surface area (Å²) < 4.78 is 4.91. The highest BCUT2D eigenvalue weighted by molar-refractivity contribution is 7.99. The molecular formula is C17H19N3O5S2. The van der Waals surface area contributed by atoms with Crippen molar-refractivity contribution in [3.8, 4) is 5.88 Å². The molecule has 0 unspecified atom stereocenters. The van der Waals surface area contributed by atoms with Gasteiger partial charge in [-0.2, -0.15) is 4.98 Å². The van der Waals surface area contributed by atoms with Crippen molar-refractivity contribution < 1.29 is 19.4 Å². The Morgan fingerprint density at radius 2 is 2.15 bits per heavy atom. The highest BCUT2D eigenvalue weighted by Crippen LogP contribution is 2.38. The third-order valence-corrected chi connectivity index (χ3v) is 6.19. The molecule has 0 bridgehead atoms. The number of carbonyl (C=O) groups is 2. The van der Waals surface area contributed by atoms with Gasteiger partial charge in [-0.25, -0.2) is 4.79 Å². The van der Waals surface area contributed by atoms with Gasteiger partial charge in [0.15, 0.2) is 5.16 Å². The fourth-order valence-corrected chi connectivity index (χ4v) is 4.90. The van der Waals surface area contributed by atoms with Gasteiger partial charge in [0.2, 0.25) is 11.8 Å². The van der Waals surface area contributed by atoms with Gasteiger partial charge in [-0.05, 0) is 31.2 Å². The first-order valence-electron chi connectivity index (χ1n) is 8.43. The number of anilines is 1. The predicted molar refractivity (Wildman–Crippen MR) is 103 cm³/mol. The first kappa shape index (κ1) is 19.4. The van der Waals surface area contributed by atoms with Crippen LogP contribution in [-0.4, -0.2) is 39.8 Å². The van der Waals surface area contributed by atoms with Crippen molar-refractivity contribution in [1.82, 2.24) is 9.97 Å². The van der Waals surface area contributed by atoms with Crippen molar-refractivity contribution in [3.63, 3.8) is 0 Å². The fourth-order valence-electron chi connectivity index (χ4n) is 2.94. The van der Waals surface area contributed by atoms with Crippen LogP contribution < -0.4 is 10.9 Å². The summed E-state index contributed by atoms with van der Waals surface area (Å²) in [4.78, 5) is 43.2. The highest BCUT2D eigenvalue weighted by Gasteiger charge is 2.26. The lowest BCUT2D eigenvalue weighted by Crippen LogP contribution is -2.17. The van der Waals surface area contributed by atoms with E-state index < -0.39 is 17.4 Å². The lowest BCUT2D eigenvalue weighted by molar-refractivity contribution is -0.113. The molecule has 0 spiro atoms. The second-order valence-electron chi connectivity index (χ2n) is 6.01. The second kappa shape index (κ2) is 8.57. The maximum Gasteiger partial charge on any atom is 0.341 e. The highest BCUT2D eigenvalue weighted by atomic mass is 32.2. The summed E-state index contributed by atoms with van der Waals surface area (Å²) in [6.07, 6.45) is 4.88. The molecule has 2 aromatic rings. The molecule has 0 atom stereocenters. The SMILES string of the molecule is COC(=O)c1c(NC(=O)CSc2nc(O)cc(=O)[nH]2)sc2c1CCCCC2. The standard InChI is InChI=1S/C17H19N3O5S2/c1-25-16(24)14-9-5-3-2-4-6-10(9)27-15(14)18-13(23)8-26-17-19-11(21)7-12(22)20-17/h7H,2-6,8H2,1H3,(H,18,23)(H2,19,20,21,22). The zero-order chi connectivity index (χ0) is 19.4. The Kier molecular flexibility index (Phi) is 6.17. The summed E-state index contributed by atoms with van der Waals surface area (Å²) in [6, 6.07) is 0.950. The molecule has 10 heteroatoms. The van der Waals surface area contributed by atoms with Crippen LogP contribution in [0, 0.1) is 0 Å². The van der Waals surface area contributed by atoms with Crippen LogP contribution in [0.25, 0.3) is 0 Å². The number of thiophene rings is 1. The molecule has 0 saturated heterocycles. The van der Waals surface area contributed by atoms with Crippen molar-refractivity contribution in [1.29, 1.82) is 0 Å². The number of H-pyrrole nitrogens is 1. The number of aryl methyl sites for hydroxylation is 1. The van der Waals surface area contributed by atoms with E-state index in [1.165, 1.54) is 18.4 Å². The summed E-state index contributed by atoms with van der Waals surface area (Å²) in [7, 11) is 1.33. The topological polar surface area (TPSA) is 121 Å². The van der Waals surface area contributed by atoms with Gasteiger partial charge in [0, 0.05) is 4.88 Å². The first-order chi connectivity index (χ1) is 13.0. The number of aromatic amines is 1. The minimum absolute atomic E-state index is 0.0322. The van der Waals surface area contributed by atoms with Gasteiger partial charge in [-0.15, -0.1) is 11.3 Å². The van der Waals surface area contributed by atoms with Crippen LogP contribution in [0.2, 0.25) is 0 Å². The molecule has 0 aliphatic heterocycles. The summed E-state index contributed by atoms with van der Waals surface area (Å²) >= 11 is 2.40. The van der Waals surface area contributed by atoms with Gasteiger partial charge in [0.05, 0.1) is 24.5 Å². The van der Waals surface area contributed by atoms with Gasteiger partial charge >= 0.3 is 5.97 Å². The average Bonchev–Trinajstić information content (AvgIpc) is 2.79. The molecule has 0 aromatic carbocycles. The van der Waals surface area contributed by atoms with E-state index in [9.17, 15) is 19.5 Å². The Hall–Kier alpha value is -2.33. The van der Waals surface area contributed by atoms with Gasteiger partial charge < -0.3 is 20.1 Å². The molecule has 27 heavy (non-hydrogen) atoms. The summed E-state index contributed by atoms with van der Waals surface area (Å²) in [6.45, 7) is 0. The van der Waals surface area contributed by atoms with Crippen LogP contribution in [0.15, 0.2) is 16.0 Å². The number of nitrogens with one attached hydrogen (secondary N) is 2. The Morgan fingerprint density at radius 3 is 2.89 bits per heavy atom. The number of rotatable bonds is 5. The van der Waals surface area contributed by atoms with Crippen molar-refractivity contribution in [3.05, 3.63) is 32.4 Å². The summed E-state index contributed by atoms with van der Waals surface area (Å²) in [5.41, 5.74) is 0.924. The monoisotopic (exact) mass is 409 g/mol. The van der Waals surface area contributed by atoms with Crippen LogP contribution in [0.5, 0.6) is 5.88 Å². The number of esters is 1. The molecule has 2 aromatic heterocycles. The Bertz CT molecular complexity index is 922. The molecule has 3 rings (SSSR count). The Morgan fingerprint density at radius 1 is 1.37 bits per heavy atom. The number of ether oxygens (including phenoxy) is 1. The van der Waals surface area contributed by atoms with Crippen LogP contribution in [0.1, 0.15) is 40.1 Å². The lowest BCUT2D eigenvalue weighted by atomic mass is 10.1. The minimum atomic E-state index is -0.500. The van der Waals surface area contributed by atoms with Crippen LogP contribution >= 0.6 is 23.1 Å². The van der Waals surface area contributed by atoms with E-state index in [1.54, 1.807) is 0 Å². The van der Waals surface area contributed by atoms with Crippen molar-refractivity contribution in [2.75, 3.05) is 18.2 Å². The molecule has 0 fully saturated rings. The Balaban J connectivity index is 1.75. The van der Waals surface area contributed by atoms with E-state index in [0.717, 1.165) is 60.4 Å². The van der Waals surface area contributed by atoms with E-state index in [1.807, 2.05) is 0 Å². The molecule has 144 valence electrons. The number of amides is 1. The van der Waals surface area contributed by atoms with E-state index in [0.29, 0.717) is 10.6 Å². The third-order valence-electron chi connectivity index (χ3n) is 4.11. The number of hydrogen-bond donors (Lipinski definition) is 3. The zero-order valence-corrected chi connectivity index (χ0v) is 16.3. The van der Waals surface area contributed by atoms with E-state index in [4.69, 9.17) is 4.74 Å². The first-order valence-corrected chi connectivity index (χ1v) is 10.2. The number of aromatic nitrogens is 2. The van der Waals surface area contributed by atoms with E-state index in [2.05, 4.69) is 15.3 Å². The molecule has 1 aliphatic rings. The molecule has 0 radical (unpaired) electrons. The fraction of sp³-hybridized carbons (Fsp3) is 0.412. The predicted octanol–water partition coefficient (Wildman–Crippen LogP) is 2.32. The quantitative estimate of drug-likeness (QED) is 0.300. The van der Waals surface area contributed by atoms with Gasteiger partial charge in [-0.3, -0.25) is 9.59 Å². The van der Waals surface area contributed by atoms with Gasteiger partial charge in [-0.1, -0.05) is 18.2 Å². The smallest absolute Gasteiger partial charge is 0.341 e. The van der Waals surface area contributed by atoms with Crippen LogP contribution in [0.4, 0.5) is 5.00 Å². The zero-order valence-electron chi connectivity index (χ0n) is 14.7. The molecular weight excluding hydrogens is 390 g/mol. The summed E-state index contributed by atoms with van der Waals surface area (Å²) in [5.74, 6) is -1.23.